The molecule has 132 valence electrons. The topological polar surface area (TPSA) is 84.7 Å². The average molecular weight is 343 g/mol. The molecule has 0 spiro atoms. The third kappa shape index (κ3) is 4.26. The van der Waals surface area contributed by atoms with Crippen LogP contribution >= 0.6 is 0 Å². The predicted molar refractivity (Wildman–Crippen MR) is 96.2 cm³/mol. The molecule has 7 nitrogen and oxygen atoms in total. The Morgan fingerprint density at radius 3 is 2.64 bits per heavy atom. The number of nitrogens with one attached hydrogen (secondary N) is 1. The Balaban J connectivity index is 2.37. The number of hydrogen-bond acceptors (Lipinski definition) is 5. The number of nitro groups is 1. The van der Waals surface area contributed by atoms with Gasteiger partial charge in [0.05, 0.1) is 22.8 Å². The number of amides is 1. The highest BCUT2D eigenvalue weighted by Gasteiger charge is 2.19. The van der Waals surface area contributed by atoms with Crippen LogP contribution in [0.25, 0.3) is 0 Å². The van der Waals surface area contributed by atoms with Gasteiger partial charge in [-0.05, 0) is 19.1 Å². The number of hydrogen-bond donors (Lipinski definition) is 1. The van der Waals surface area contributed by atoms with E-state index in [0.717, 1.165) is 11.3 Å². The van der Waals surface area contributed by atoms with Crippen LogP contribution in [-0.4, -0.2) is 31.5 Å². The summed E-state index contributed by atoms with van der Waals surface area (Å²) in [5.41, 5.74) is 1.71. The van der Waals surface area contributed by atoms with Crippen LogP contribution in [0.1, 0.15) is 22.8 Å². The van der Waals surface area contributed by atoms with Crippen LogP contribution in [0.3, 0.4) is 0 Å². The average Bonchev–Trinajstić information content (AvgIpc) is 2.62. The van der Waals surface area contributed by atoms with Gasteiger partial charge < -0.3 is 15.0 Å². The summed E-state index contributed by atoms with van der Waals surface area (Å²) in [4.78, 5) is 24.5. The maximum absolute atomic E-state index is 12.2. The summed E-state index contributed by atoms with van der Waals surface area (Å²) in [5, 5.41) is 13.5. The highest BCUT2D eigenvalue weighted by Crippen LogP contribution is 2.28. The van der Waals surface area contributed by atoms with E-state index in [-0.39, 0.29) is 17.2 Å². The molecule has 0 radical (unpaired) electrons. The standard InChI is InChI=1S/C18H21N3O4/c1-4-25-17-8-6-5-7-13(17)12-20(3)16-10-9-14(21(23)24)11-15(16)18(22)19-2/h5-11H,4,12H2,1-3H3,(H,19,22). The van der Waals surface area contributed by atoms with Crippen LogP contribution < -0.4 is 15.0 Å². The van der Waals surface area contributed by atoms with Crippen molar-refractivity contribution in [1.29, 1.82) is 0 Å². The minimum atomic E-state index is -0.513. The molecule has 0 aliphatic rings. The van der Waals surface area contributed by atoms with E-state index in [2.05, 4.69) is 5.32 Å². The molecule has 0 saturated heterocycles. The van der Waals surface area contributed by atoms with E-state index in [1.165, 1.54) is 19.2 Å². The van der Waals surface area contributed by atoms with E-state index in [0.29, 0.717) is 18.8 Å². The molecule has 0 aromatic heterocycles. The first-order valence-electron chi connectivity index (χ1n) is 7.90. The molecule has 0 aliphatic heterocycles. The molecule has 1 N–H and O–H groups in total. The first-order chi connectivity index (χ1) is 12.0. The number of nitrogens with zero attached hydrogens (tertiary/aromatic N) is 2. The number of carbonyl (C=O) groups excluding carboxylic acids is 1. The maximum Gasteiger partial charge on any atom is 0.270 e. The van der Waals surface area contributed by atoms with Crippen molar-refractivity contribution in [1.82, 2.24) is 5.32 Å². The summed E-state index contributed by atoms with van der Waals surface area (Å²) < 4.78 is 5.63. The lowest BCUT2D eigenvalue weighted by molar-refractivity contribution is -0.384. The Kier molecular flexibility index (Phi) is 5.94. The number of rotatable bonds is 7. The zero-order valence-electron chi connectivity index (χ0n) is 14.5. The van der Waals surface area contributed by atoms with Crippen molar-refractivity contribution in [2.24, 2.45) is 0 Å². The minimum absolute atomic E-state index is 0.120. The summed E-state index contributed by atoms with van der Waals surface area (Å²) in [6, 6.07) is 11.9. The van der Waals surface area contributed by atoms with E-state index in [1.807, 2.05) is 43.1 Å². The van der Waals surface area contributed by atoms with E-state index < -0.39 is 4.92 Å². The lowest BCUT2D eigenvalue weighted by Gasteiger charge is -2.23. The summed E-state index contributed by atoms with van der Waals surface area (Å²) in [5.74, 6) is 0.406. The largest absolute Gasteiger partial charge is 0.494 e. The Hall–Kier alpha value is -3.09. The van der Waals surface area contributed by atoms with Crippen molar-refractivity contribution in [2.45, 2.75) is 13.5 Å². The van der Waals surface area contributed by atoms with Gasteiger partial charge >= 0.3 is 0 Å². The molecule has 0 unspecified atom stereocenters. The number of non-ortho nitro benzene ring substituents is 1. The fourth-order valence-corrected chi connectivity index (χ4v) is 2.56. The van der Waals surface area contributed by atoms with Gasteiger partial charge in [0.15, 0.2) is 0 Å². The number of ether oxygens (including phenoxy) is 1. The number of carbonyl (C=O) groups is 1. The number of benzene rings is 2. The van der Waals surface area contributed by atoms with Gasteiger partial charge in [-0.15, -0.1) is 0 Å². The first-order valence-corrected chi connectivity index (χ1v) is 7.90. The minimum Gasteiger partial charge on any atom is -0.494 e. The van der Waals surface area contributed by atoms with E-state index >= 15 is 0 Å². The summed E-state index contributed by atoms with van der Waals surface area (Å²) in [7, 11) is 3.33. The summed E-state index contributed by atoms with van der Waals surface area (Å²) >= 11 is 0. The van der Waals surface area contributed by atoms with Crippen LogP contribution in [0, 0.1) is 10.1 Å². The molecule has 1 amide bonds. The van der Waals surface area contributed by atoms with Gasteiger partial charge in [0.25, 0.3) is 11.6 Å². The second-order valence-corrected chi connectivity index (χ2v) is 5.43. The fraction of sp³-hybridized carbons (Fsp3) is 0.278. The van der Waals surface area contributed by atoms with Crippen molar-refractivity contribution in [3.05, 3.63) is 63.7 Å². The number of anilines is 1. The van der Waals surface area contributed by atoms with Crippen molar-refractivity contribution < 1.29 is 14.5 Å². The summed E-state index contributed by atoms with van der Waals surface area (Å²) in [6.45, 7) is 2.97. The van der Waals surface area contributed by atoms with Crippen LogP contribution in [0.15, 0.2) is 42.5 Å². The maximum atomic E-state index is 12.2. The van der Waals surface area contributed by atoms with Crippen LogP contribution in [0.4, 0.5) is 11.4 Å². The molecule has 25 heavy (non-hydrogen) atoms. The Bertz CT molecular complexity index is 777. The third-order valence-electron chi connectivity index (χ3n) is 3.75. The molecule has 0 bridgehead atoms. The van der Waals surface area contributed by atoms with Crippen molar-refractivity contribution in [2.75, 3.05) is 25.6 Å². The highest BCUT2D eigenvalue weighted by atomic mass is 16.6. The van der Waals surface area contributed by atoms with Gasteiger partial charge in [-0.1, -0.05) is 18.2 Å². The number of para-hydroxylation sites is 1. The van der Waals surface area contributed by atoms with Gasteiger partial charge in [-0.2, -0.15) is 0 Å². The van der Waals surface area contributed by atoms with Crippen LogP contribution in [0.2, 0.25) is 0 Å². The van der Waals surface area contributed by atoms with Gasteiger partial charge in [0.2, 0.25) is 0 Å². The lowest BCUT2D eigenvalue weighted by Crippen LogP contribution is -2.24. The van der Waals surface area contributed by atoms with Crippen molar-refractivity contribution in [3.63, 3.8) is 0 Å². The molecular weight excluding hydrogens is 322 g/mol. The summed E-state index contributed by atoms with van der Waals surface area (Å²) in [6.07, 6.45) is 0. The van der Waals surface area contributed by atoms with Crippen molar-refractivity contribution in [3.8, 4) is 5.75 Å². The van der Waals surface area contributed by atoms with E-state index in [4.69, 9.17) is 4.74 Å². The van der Waals surface area contributed by atoms with Crippen LogP contribution in [0.5, 0.6) is 5.75 Å². The van der Waals surface area contributed by atoms with Gasteiger partial charge in [-0.3, -0.25) is 14.9 Å². The lowest BCUT2D eigenvalue weighted by atomic mass is 10.1. The molecule has 2 aromatic carbocycles. The molecule has 0 atom stereocenters. The predicted octanol–water partition coefficient (Wildman–Crippen LogP) is 2.99. The number of nitro benzene ring substituents is 1. The first kappa shape index (κ1) is 18.3. The fourth-order valence-electron chi connectivity index (χ4n) is 2.56. The molecule has 0 aliphatic carbocycles. The molecule has 0 fully saturated rings. The molecule has 2 rings (SSSR count). The molecular formula is C18H21N3O4. The SMILES string of the molecule is CCOc1ccccc1CN(C)c1ccc([N+](=O)[O-])cc1C(=O)NC. The molecule has 2 aromatic rings. The molecule has 7 heteroatoms. The second-order valence-electron chi connectivity index (χ2n) is 5.43. The highest BCUT2D eigenvalue weighted by molar-refractivity contribution is 6.00. The zero-order chi connectivity index (χ0) is 18.4. The smallest absolute Gasteiger partial charge is 0.270 e. The van der Waals surface area contributed by atoms with Gasteiger partial charge in [0, 0.05) is 38.3 Å². The van der Waals surface area contributed by atoms with E-state index in [1.54, 1.807) is 6.07 Å². The third-order valence-corrected chi connectivity index (χ3v) is 3.75. The van der Waals surface area contributed by atoms with E-state index in [9.17, 15) is 14.9 Å². The normalized spacial score (nSPS) is 10.2. The Morgan fingerprint density at radius 1 is 1.28 bits per heavy atom. The second kappa shape index (κ2) is 8.14. The Labute approximate surface area is 146 Å². The molecule has 0 heterocycles. The van der Waals surface area contributed by atoms with Crippen molar-refractivity contribution >= 4 is 17.3 Å². The van der Waals surface area contributed by atoms with Gasteiger partial charge in [0.1, 0.15) is 5.75 Å². The zero-order valence-corrected chi connectivity index (χ0v) is 14.5. The molecule has 0 saturated carbocycles. The quantitative estimate of drug-likeness (QED) is 0.617. The van der Waals surface area contributed by atoms with Crippen LogP contribution in [-0.2, 0) is 6.54 Å². The Morgan fingerprint density at radius 2 is 2.00 bits per heavy atom. The van der Waals surface area contributed by atoms with Gasteiger partial charge in [-0.25, -0.2) is 0 Å². The monoisotopic (exact) mass is 343 g/mol.